The molecule has 0 aliphatic carbocycles. The van der Waals surface area contributed by atoms with Crippen molar-refractivity contribution in [1.82, 2.24) is 14.9 Å². The zero-order chi connectivity index (χ0) is 18.7. The molecule has 1 amide bonds. The first kappa shape index (κ1) is 18.2. The molecule has 2 aliphatic rings. The highest BCUT2D eigenvalue weighted by molar-refractivity contribution is 6.30. The van der Waals surface area contributed by atoms with Crippen LogP contribution in [0.3, 0.4) is 0 Å². The number of anilines is 1. The summed E-state index contributed by atoms with van der Waals surface area (Å²) in [5.74, 6) is -0.0677. The average Bonchev–Trinajstić information content (AvgIpc) is 3.16. The van der Waals surface area contributed by atoms with Crippen molar-refractivity contribution in [2.75, 3.05) is 31.6 Å². The summed E-state index contributed by atoms with van der Waals surface area (Å²) in [6, 6.07) is 7.56. The van der Waals surface area contributed by atoms with Crippen LogP contribution in [0.25, 0.3) is 0 Å². The minimum absolute atomic E-state index is 0.0629. The predicted octanol–water partition coefficient (Wildman–Crippen LogP) is 2.72. The fourth-order valence-corrected chi connectivity index (χ4v) is 3.46. The third kappa shape index (κ3) is 4.21. The molecule has 0 atom stereocenters. The van der Waals surface area contributed by atoms with Gasteiger partial charge in [0.05, 0.1) is 18.8 Å². The molecule has 7 nitrogen and oxygen atoms in total. The molecule has 1 spiro atoms. The van der Waals surface area contributed by atoms with E-state index in [0.29, 0.717) is 62.2 Å². The number of benzene rings is 1. The molecule has 2 aromatic rings. The number of piperidine rings is 1. The van der Waals surface area contributed by atoms with Crippen LogP contribution in [0.5, 0.6) is 0 Å². The molecule has 0 bridgehead atoms. The fourth-order valence-electron chi connectivity index (χ4n) is 3.33. The summed E-state index contributed by atoms with van der Waals surface area (Å²) in [5, 5.41) is 3.84. The van der Waals surface area contributed by atoms with Gasteiger partial charge in [0.25, 0.3) is 5.91 Å². The maximum absolute atomic E-state index is 12.7. The Morgan fingerprint density at radius 3 is 2.37 bits per heavy atom. The lowest BCUT2D eigenvalue weighted by Gasteiger charge is -2.37. The first-order valence-electron chi connectivity index (χ1n) is 9.01. The highest BCUT2D eigenvalue weighted by Crippen LogP contribution is 2.31. The summed E-state index contributed by atoms with van der Waals surface area (Å²) in [7, 11) is 0. The second-order valence-corrected chi connectivity index (χ2v) is 7.11. The van der Waals surface area contributed by atoms with E-state index in [2.05, 4.69) is 15.3 Å². The molecule has 0 saturated carbocycles. The number of carbonyl (C=O) groups is 1. The minimum atomic E-state index is -0.483. The summed E-state index contributed by atoms with van der Waals surface area (Å²) >= 11 is 5.88. The average molecular weight is 389 g/mol. The summed E-state index contributed by atoms with van der Waals surface area (Å²) in [5.41, 5.74) is 1.55. The van der Waals surface area contributed by atoms with Crippen molar-refractivity contribution in [2.45, 2.75) is 25.2 Å². The molecule has 8 heteroatoms. The Kier molecular flexibility index (Phi) is 5.24. The number of amides is 1. The van der Waals surface area contributed by atoms with Gasteiger partial charge in [-0.05, 0) is 17.7 Å². The van der Waals surface area contributed by atoms with Gasteiger partial charge in [-0.15, -0.1) is 0 Å². The van der Waals surface area contributed by atoms with E-state index in [1.165, 1.54) is 0 Å². The van der Waals surface area contributed by atoms with Crippen LogP contribution in [0.4, 0.5) is 5.95 Å². The number of nitrogens with zero attached hydrogens (tertiary/aromatic N) is 3. The molecule has 4 rings (SSSR count). The number of ether oxygens (including phenoxy) is 2. The molecule has 1 aromatic carbocycles. The molecule has 2 fully saturated rings. The van der Waals surface area contributed by atoms with Crippen molar-refractivity contribution in [1.29, 1.82) is 0 Å². The molecule has 0 radical (unpaired) electrons. The second-order valence-electron chi connectivity index (χ2n) is 6.68. The van der Waals surface area contributed by atoms with Crippen molar-refractivity contribution in [3.8, 4) is 0 Å². The van der Waals surface area contributed by atoms with E-state index in [1.54, 1.807) is 17.3 Å². The standard InChI is InChI=1S/C19H21ClN4O3/c20-16-3-1-14(2-4-16)11-21-18-22-12-15(13-23-18)17(25)24-7-5-19(6-8-24)26-9-10-27-19/h1-4,12-13H,5-11H2,(H,21,22,23). The third-order valence-electron chi connectivity index (χ3n) is 4.89. The van der Waals surface area contributed by atoms with Crippen LogP contribution in [-0.2, 0) is 16.0 Å². The Bertz CT molecular complexity index is 782. The second kappa shape index (κ2) is 7.80. The van der Waals surface area contributed by atoms with Gasteiger partial charge in [0.2, 0.25) is 5.95 Å². The Morgan fingerprint density at radius 1 is 1.11 bits per heavy atom. The minimum Gasteiger partial charge on any atom is -0.350 e. The largest absolute Gasteiger partial charge is 0.350 e. The topological polar surface area (TPSA) is 76.6 Å². The van der Waals surface area contributed by atoms with Gasteiger partial charge in [0.15, 0.2) is 5.79 Å². The molecule has 2 aliphatic heterocycles. The smallest absolute Gasteiger partial charge is 0.256 e. The van der Waals surface area contributed by atoms with E-state index in [9.17, 15) is 4.79 Å². The molecule has 142 valence electrons. The summed E-state index contributed by atoms with van der Waals surface area (Å²) < 4.78 is 11.4. The summed E-state index contributed by atoms with van der Waals surface area (Å²) in [6.07, 6.45) is 4.51. The SMILES string of the molecule is O=C(c1cnc(NCc2ccc(Cl)cc2)nc1)N1CCC2(CC1)OCCO2. The lowest BCUT2D eigenvalue weighted by atomic mass is 10.0. The molecule has 1 aromatic heterocycles. The van der Waals surface area contributed by atoms with Gasteiger partial charge in [0, 0.05) is 49.9 Å². The monoisotopic (exact) mass is 388 g/mol. The highest BCUT2D eigenvalue weighted by atomic mass is 35.5. The molecule has 2 saturated heterocycles. The quantitative estimate of drug-likeness (QED) is 0.867. The van der Waals surface area contributed by atoms with Gasteiger partial charge in [-0.3, -0.25) is 4.79 Å². The van der Waals surface area contributed by atoms with Crippen LogP contribution in [0.1, 0.15) is 28.8 Å². The summed E-state index contributed by atoms with van der Waals surface area (Å²) in [4.78, 5) is 23.0. The van der Waals surface area contributed by atoms with E-state index in [1.807, 2.05) is 24.3 Å². The van der Waals surface area contributed by atoms with Gasteiger partial charge >= 0.3 is 0 Å². The van der Waals surface area contributed by atoms with E-state index >= 15 is 0 Å². The number of carbonyl (C=O) groups excluding carboxylic acids is 1. The van der Waals surface area contributed by atoms with Crippen molar-refractivity contribution in [2.24, 2.45) is 0 Å². The molecule has 1 N–H and O–H groups in total. The normalized spacial score (nSPS) is 18.6. The van der Waals surface area contributed by atoms with Crippen molar-refractivity contribution in [3.63, 3.8) is 0 Å². The van der Waals surface area contributed by atoms with Crippen LogP contribution in [0.15, 0.2) is 36.7 Å². The van der Waals surface area contributed by atoms with Gasteiger partial charge in [-0.2, -0.15) is 0 Å². The number of hydrogen-bond acceptors (Lipinski definition) is 6. The van der Waals surface area contributed by atoms with Crippen molar-refractivity contribution < 1.29 is 14.3 Å². The van der Waals surface area contributed by atoms with Crippen LogP contribution in [0.2, 0.25) is 5.02 Å². The maximum atomic E-state index is 12.7. The Labute approximate surface area is 162 Å². The van der Waals surface area contributed by atoms with E-state index in [4.69, 9.17) is 21.1 Å². The van der Waals surface area contributed by atoms with Gasteiger partial charge in [-0.25, -0.2) is 9.97 Å². The van der Waals surface area contributed by atoms with Crippen molar-refractivity contribution in [3.05, 3.63) is 52.8 Å². The first-order valence-corrected chi connectivity index (χ1v) is 9.39. The van der Waals surface area contributed by atoms with Crippen molar-refractivity contribution >= 4 is 23.5 Å². The van der Waals surface area contributed by atoms with Crippen LogP contribution < -0.4 is 5.32 Å². The predicted molar refractivity (Wildman–Crippen MR) is 101 cm³/mol. The van der Waals surface area contributed by atoms with E-state index < -0.39 is 5.79 Å². The zero-order valence-corrected chi connectivity index (χ0v) is 15.6. The van der Waals surface area contributed by atoms with Gasteiger partial charge in [-0.1, -0.05) is 23.7 Å². The Morgan fingerprint density at radius 2 is 1.74 bits per heavy atom. The molecular weight excluding hydrogens is 368 g/mol. The molecule has 0 unspecified atom stereocenters. The first-order chi connectivity index (χ1) is 13.1. The van der Waals surface area contributed by atoms with Crippen LogP contribution >= 0.6 is 11.6 Å². The fraction of sp³-hybridized carbons (Fsp3) is 0.421. The van der Waals surface area contributed by atoms with E-state index in [0.717, 1.165) is 5.56 Å². The number of hydrogen-bond donors (Lipinski definition) is 1. The van der Waals surface area contributed by atoms with Gasteiger partial charge < -0.3 is 19.7 Å². The summed E-state index contributed by atoms with van der Waals surface area (Å²) in [6.45, 7) is 3.06. The maximum Gasteiger partial charge on any atom is 0.256 e. The number of halogens is 1. The number of likely N-dealkylation sites (tertiary alicyclic amines) is 1. The number of aromatic nitrogens is 2. The zero-order valence-electron chi connectivity index (χ0n) is 14.9. The van der Waals surface area contributed by atoms with Gasteiger partial charge in [0.1, 0.15) is 0 Å². The van der Waals surface area contributed by atoms with Crippen LogP contribution in [0, 0.1) is 0 Å². The molecule has 3 heterocycles. The number of rotatable bonds is 4. The third-order valence-corrected chi connectivity index (χ3v) is 5.14. The lowest BCUT2D eigenvalue weighted by molar-refractivity contribution is -0.181. The Balaban J connectivity index is 1.31. The number of nitrogens with one attached hydrogen (secondary N) is 1. The van der Waals surface area contributed by atoms with E-state index in [-0.39, 0.29) is 5.91 Å². The molecule has 27 heavy (non-hydrogen) atoms. The lowest BCUT2D eigenvalue weighted by Crippen LogP contribution is -2.47. The molecular formula is C19H21ClN4O3. The highest BCUT2D eigenvalue weighted by Gasteiger charge is 2.40. The Hall–Kier alpha value is -2.22. The van der Waals surface area contributed by atoms with Crippen LogP contribution in [-0.4, -0.2) is 52.9 Å².